The van der Waals surface area contributed by atoms with Crippen LogP contribution < -0.4 is 0 Å². The number of allylic oxidation sites excluding steroid dienone is 14. The second-order valence-corrected chi connectivity index (χ2v) is 6.73. The van der Waals surface area contributed by atoms with Crippen LogP contribution in [0.1, 0.15) is 59.1 Å². The van der Waals surface area contributed by atoms with E-state index in [0.717, 1.165) is 12.0 Å². The Hall–Kier alpha value is -2.86. The van der Waals surface area contributed by atoms with Crippen molar-refractivity contribution in [1.82, 2.24) is 0 Å². The highest BCUT2D eigenvalue weighted by atomic mass is 14.5. The largest absolute Gasteiger partial charge is 0.0987 e. The van der Waals surface area contributed by atoms with Crippen LogP contribution in [0.4, 0.5) is 0 Å². The van der Waals surface area contributed by atoms with Gasteiger partial charge in [-0.05, 0) is 60.6 Å². The summed E-state index contributed by atoms with van der Waals surface area (Å²) in [7, 11) is 0. The van der Waals surface area contributed by atoms with Crippen molar-refractivity contribution in [2.24, 2.45) is 0 Å². The Bertz CT molecular complexity index is 909. The summed E-state index contributed by atoms with van der Waals surface area (Å²) in [6.07, 6.45) is 22.3. The Morgan fingerprint density at radius 1 is 1.00 bits per heavy atom. The molecular formula is C30H38. The molecule has 0 amide bonds. The molecule has 30 heavy (non-hydrogen) atoms. The zero-order valence-corrected chi connectivity index (χ0v) is 19.7. The van der Waals surface area contributed by atoms with Gasteiger partial charge in [0.15, 0.2) is 0 Å². The first-order valence-corrected chi connectivity index (χ1v) is 11.1. The van der Waals surface area contributed by atoms with Crippen LogP contribution in [-0.4, -0.2) is 0 Å². The molecule has 1 aliphatic carbocycles. The van der Waals surface area contributed by atoms with E-state index in [1.807, 2.05) is 32.9 Å². The second kappa shape index (κ2) is 12.6. The van der Waals surface area contributed by atoms with Gasteiger partial charge in [-0.2, -0.15) is 0 Å². The summed E-state index contributed by atoms with van der Waals surface area (Å²) in [5.74, 6) is 0. The van der Waals surface area contributed by atoms with Crippen molar-refractivity contribution in [3.8, 4) is 0 Å². The first-order chi connectivity index (χ1) is 14.7. The van der Waals surface area contributed by atoms with Crippen molar-refractivity contribution in [3.63, 3.8) is 0 Å². The quantitative estimate of drug-likeness (QED) is 0.383. The fourth-order valence-corrected chi connectivity index (χ4v) is 4.16. The van der Waals surface area contributed by atoms with Crippen LogP contribution in [-0.2, 0) is 5.41 Å². The average Bonchev–Trinajstić information content (AvgIpc) is 3.07. The summed E-state index contributed by atoms with van der Waals surface area (Å²) < 4.78 is 0. The first-order valence-electron chi connectivity index (χ1n) is 11.1. The molecule has 0 nitrogen and oxygen atoms in total. The molecule has 0 radical (unpaired) electrons. The molecule has 0 fully saturated rings. The highest BCUT2D eigenvalue weighted by Gasteiger charge is 2.46. The molecule has 0 saturated carbocycles. The zero-order chi connectivity index (χ0) is 22.6. The predicted octanol–water partition coefficient (Wildman–Crippen LogP) is 9.08. The summed E-state index contributed by atoms with van der Waals surface area (Å²) >= 11 is 0. The Kier molecular flexibility index (Phi) is 10.6. The van der Waals surface area contributed by atoms with E-state index < -0.39 is 5.41 Å². The standard InChI is InChI=1S/C28H32.C2H6/c1-7-13-18-22(10-4)28(23(11-5)19-14-8-2)26(12-6)24(17-9-3)25-20-15-16-21-27(25)28;1-2/h7,9-21H,4,6,8H2,1-3,5H3;1-2H3/b13-7-,17-9-,19-14-,22-18+,23-11+;. The van der Waals surface area contributed by atoms with E-state index in [1.165, 1.54) is 27.8 Å². The molecule has 1 unspecified atom stereocenters. The molecule has 0 heteroatoms. The minimum Gasteiger partial charge on any atom is -0.0987 e. The lowest BCUT2D eigenvalue weighted by Crippen LogP contribution is -2.30. The van der Waals surface area contributed by atoms with E-state index >= 15 is 0 Å². The molecule has 158 valence electrons. The molecule has 1 aliphatic rings. The smallest absolute Gasteiger partial charge is 0.0709 e. The van der Waals surface area contributed by atoms with E-state index in [2.05, 4.69) is 107 Å². The van der Waals surface area contributed by atoms with E-state index in [9.17, 15) is 0 Å². The molecule has 0 aromatic heterocycles. The lowest BCUT2D eigenvalue weighted by Gasteiger charge is -2.36. The summed E-state index contributed by atoms with van der Waals surface area (Å²) in [5, 5.41) is 0. The van der Waals surface area contributed by atoms with Gasteiger partial charge in [0, 0.05) is 0 Å². The van der Waals surface area contributed by atoms with Crippen LogP contribution in [0.25, 0.3) is 5.57 Å². The van der Waals surface area contributed by atoms with E-state index in [0.29, 0.717) is 0 Å². The highest BCUT2D eigenvalue weighted by Crippen LogP contribution is 2.56. The maximum absolute atomic E-state index is 4.22. The lowest BCUT2D eigenvalue weighted by atomic mass is 9.65. The fraction of sp³-hybridized carbons (Fsp3) is 0.267. The van der Waals surface area contributed by atoms with Crippen molar-refractivity contribution in [3.05, 3.63) is 126 Å². The Labute approximate surface area is 185 Å². The minimum atomic E-state index is -0.422. The van der Waals surface area contributed by atoms with Gasteiger partial charge in [-0.15, -0.1) is 0 Å². The van der Waals surface area contributed by atoms with Crippen molar-refractivity contribution in [1.29, 1.82) is 0 Å². The van der Waals surface area contributed by atoms with E-state index in [1.54, 1.807) is 0 Å². The van der Waals surface area contributed by atoms with Gasteiger partial charge in [0.05, 0.1) is 5.41 Å². The number of hydrogen-bond acceptors (Lipinski definition) is 0. The molecule has 0 N–H and O–H groups in total. The van der Waals surface area contributed by atoms with Crippen molar-refractivity contribution in [2.45, 2.75) is 53.4 Å². The van der Waals surface area contributed by atoms with Crippen molar-refractivity contribution >= 4 is 5.57 Å². The van der Waals surface area contributed by atoms with Gasteiger partial charge >= 0.3 is 0 Å². The molecular weight excluding hydrogens is 360 g/mol. The van der Waals surface area contributed by atoms with E-state index in [-0.39, 0.29) is 0 Å². The van der Waals surface area contributed by atoms with Crippen LogP contribution in [0.5, 0.6) is 0 Å². The topological polar surface area (TPSA) is 0 Å². The molecule has 0 spiro atoms. The van der Waals surface area contributed by atoms with Gasteiger partial charge in [-0.3, -0.25) is 0 Å². The summed E-state index contributed by atoms with van der Waals surface area (Å²) in [4.78, 5) is 0. The molecule has 1 atom stereocenters. The Morgan fingerprint density at radius 3 is 2.23 bits per heavy atom. The minimum absolute atomic E-state index is 0.422. The van der Waals surface area contributed by atoms with Crippen LogP contribution in [0.3, 0.4) is 0 Å². The molecule has 1 aromatic rings. The molecule has 2 rings (SSSR count). The van der Waals surface area contributed by atoms with Crippen molar-refractivity contribution < 1.29 is 0 Å². The summed E-state index contributed by atoms with van der Waals surface area (Å²) in [5.41, 5.74) is 6.94. The van der Waals surface area contributed by atoms with Gasteiger partial charge in [0.2, 0.25) is 0 Å². The second-order valence-electron chi connectivity index (χ2n) is 6.73. The van der Waals surface area contributed by atoms with Gasteiger partial charge in [-0.1, -0.05) is 119 Å². The van der Waals surface area contributed by atoms with Crippen LogP contribution in [0.2, 0.25) is 0 Å². The average molecular weight is 399 g/mol. The van der Waals surface area contributed by atoms with Gasteiger partial charge in [-0.25, -0.2) is 0 Å². The van der Waals surface area contributed by atoms with Gasteiger partial charge in [0.25, 0.3) is 0 Å². The van der Waals surface area contributed by atoms with Crippen molar-refractivity contribution in [2.75, 3.05) is 0 Å². The third-order valence-corrected chi connectivity index (χ3v) is 5.25. The van der Waals surface area contributed by atoms with Gasteiger partial charge < -0.3 is 0 Å². The highest BCUT2D eigenvalue weighted by molar-refractivity contribution is 5.92. The SMILES string of the molecule is C=CC1=C(/C=C\C)c2ccccc2C1(/C(C=C)=C/C=C\C)C(/C=C\CC)=C/C.CC. The fourth-order valence-electron chi connectivity index (χ4n) is 4.16. The number of hydrogen-bond donors (Lipinski definition) is 0. The Balaban J connectivity index is 0.00000218. The zero-order valence-electron chi connectivity index (χ0n) is 19.7. The van der Waals surface area contributed by atoms with E-state index in [4.69, 9.17) is 0 Å². The summed E-state index contributed by atoms with van der Waals surface area (Å²) in [6.45, 7) is 20.8. The third-order valence-electron chi connectivity index (χ3n) is 5.25. The lowest BCUT2D eigenvalue weighted by molar-refractivity contribution is 0.756. The Morgan fingerprint density at radius 2 is 1.70 bits per heavy atom. The number of benzene rings is 1. The maximum atomic E-state index is 4.22. The molecule has 1 aromatic carbocycles. The van der Waals surface area contributed by atoms with Crippen LogP contribution >= 0.6 is 0 Å². The molecule has 0 saturated heterocycles. The maximum Gasteiger partial charge on any atom is 0.0709 e. The molecule has 0 bridgehead atoms. The number of fused-ring (bicyclic) bond motifs is 1. The molecule has 0 aliphatic heterocycles. The van der Waals surface area contributed by atoms with Gasteiger partial charge in [0.1, 0.15) is 0 Å². The first kappa shape index (κ1) is 25.2. The van der Waals surface area contributed by atoms with Crippen LogP contribution in [0, 0.1) is 0 Å². The molecule has 0 heterocycles. The van der Waals surface area contributed by atoms with Crippen LogP contribution in [0.15, 0.2) is 115 Å². The monoisotopic (exact) mass is 398 g/mol. The number of rotatable bonds is 8. The summed E-state index contributed by atoms with van der Waals surface area (Å²) in [6, 6.07) is 8.69. The third kappa shape index (κ3) is 4.49. The normalized spacial score (nSPS) is 19.4. The predicted molar refractivity (Wildman–Crippen MR) is 138 cm³/mol.